The lowest BCUT2D eigenvalue weighted by Crippen LogP contribution is -2.46. The van der Waals surface area contributed by atoms with Crippen molar-refractivity contribution >= 4 is 17.6 Å². The van der Waals surface area contributed by atoms with E-state index in [0.717, 1.165) is 51.4 Å². The summed E-state index contributed by atoms with van der Waals surface area (Å²) in [6, 6.07) is 6.76. The second kappa shape index (κ2) is 9.11. The highest BCUT2D eigenvalue weighted by Gasteiger charge is 2.27. The molecule has 1 saturated heterocycles. The van der Waals surface area contributed by atoms with Crippen LogP contribution in [0.5, 0.6) is 0 Å². The van der Waals surface area contributed by atoms with Crippen LogP contribution < -0.4 is 10.2 Å². The van der Waals surface area contributed by atoms with Gasteiger partial charge in [0.15, 0.2) is 5.96 Å². The van der Waals surface area contributed by atoms with E-state index < -0.39 is 0 Å². The molecule has 1 aromatic carbocycles. The number of carbonyl (C=O) groups is 1. The smallest absolute Gasteiger partial charge is 0.309 e. The van der Waals surface area contributed by atoms with E-state index in [2.05, 4.69) is 45.4 Å². The highest BCUT2D eigenvalue weighted by molar-refractivity contribution is 5.80. The summed E-state index contributed by atoms with van der Waals surface area (Å²) in [6.07, 6.45) is 4.02. The van der Waals surface area contributed by atoms with Crippen molar-refractivity contribution in [2.75, 3.05) is 45.2 Å². The van der Waals surface area contributed by atoms with E-state index in [0.29, 0.717) is 6.61 Å². The van der Waals surface area contributed by atoms with Gasteiger partial charge in [0.05, 0.1) is 12.5 Å². The number of piperidine rings is 1. The number of nitrogens with zero attached hydrogens (tertiary/aromatic N) is 3. The summed E-state index contributed by atoms with van der Waals surface area (Å²) < 4.78 is 5.15. The molecular formula is C21H32N4O2. The maximum absolute atomic E-state index is 11.9. The SMILES string of the molecule is CCOC(=O)C1CCN(C(=NC)NCc2ccc3c(c2)CCCN3C)CC1. The first-order chi connectivity index (χ1) is 13.1. The van der Waals surface area contributed by atoms with Gasteiger partial charge >= 0.3 is 5.97 Å². The van der Waals surface area contributed by atoms with Gasteiger partial charge in [0.2, 0.25) is 0 Å². The van der Waals surface area contributed by atoms with Crippen LogP contribution in [-0.4, -0.2) is 57.2 Å². The average molecular weight is 373 g/mol. The minimum atomic E-state index is -0.0564. The number of ether oxygens (including phenoxy) is 1. The zero-order valence-electron chi connectivity index (χ0n) is 16.8. The molecule has 2 aliphatic heterocycles. The molecule has 27 heavy (non-hydrogen) atoms. The number of hydrogen-bond acceptors (Lipinski definition) is 4. The molecule has 3 rings (SSSR count). The maximum atomic E-state index is 11.9. The van der Waals surface area contributed by atoms with Gasteiger partial charge in [-0.1, -0.05) is 12.1 Å². The van der Waals surface area contributed by atoms with Gasteiger partial charge in [-0.25, -0.2) is 0 Å². The number of rotatable bonds is 4. The number of aliphatic imine (C=N–C) groups is 1. The average Bonchev–Trinajstić information content (AvgIpc) is 2.69. The Morgan fingerprint density at radius 3 is 2.78 bits per heavy atom. The molecule has 0 amide bonds. The number of benzene rings is 1. The molecular weight excluding hydrogens is 340 g/mol. The zero-order chi connectivity index (χ0) is 19.2. The van der Waals surface area contributed by atoms with E-state index >= 15 is 0 Å². The molecule has 0 atom stereocenters. The second-order valence-electron chi connectivity index (χ2n) is 7.40. The Balaban J connectivity index is 1.54. The number of hydrogen-bond donors (Lipinski definition) is 1. The summed E-state index contributed by atoms with van der Waals surface area (Å²) in [7, 11) is 3.99. The van der Waals surface area contributed by atoms with Gasteiger partial charge in [-0.3, -0.25) is 9.79 Å². The molecule has 1 aromatic rings. The molecule has 2 heterocycles. The Kier molecular flexibility index (Phi) is 6.58. The van der Waals surface area contributed by atoms with Crippen molar-refractivity contribution in [2.45, 2.75) is 39.2 Å². The lowest BCUT2D eigenvalue weighted by molar-refractivity contribution is -0.149. The molecule has 6 nitrogen and oxygen atoms in total. The number of likely N-dealkylation sites (tertiary alicyclic amines) is 1. The molecule has 0 spiro atoms. The van der Waals surface area contributed by atoms with E-state index in [-0.39, 0.29) is 11.9 Å². The number of esters is 1. The van der Waals surface area contributed by atoms with Crippen molar-refractivity contribution < 1.29 is 9.53 Å². The van der Waals surface area contributed by atoms with Crippen molar-refractivity contribution in [2.24, 2.45) is 10.9 Å². The maximum Gasteiger partial charge on any atom is 0.309 e. The summed E-state index contributed by atoms with van der Waals surface area (Å²) in [5, 5.41) is 3.49. The minimum Gasteiger partial charge on any atom is -0.466 e. The molecule has 0 aliphatic carbocycles. The van der Waals surface area contributed by atoms with E-state index in [1.807, 2.05) is 14.0 Å². The minimum absolute atomic E-state index is 0.0249. The number of fused-ring (bicyclic) bond motifs is 1. The third-order valence-electron chi connectivity index (χ3n) is 5.57. The Bertz CT molecular complexity index is 681. The lowest BCUT2D eigenvalue weighted by Gasteiger charge is -2.33. The summed E-state index contributed by atoms with van der Waals surface area (Å²) in [6.45, 7) is 5.88. The normalized spacial score (nSPS) is 18.3. The van der Waals surface area contributed by atoms with Gasteiger partial charge in [-0.2, -0.15) is 0 Å². The molecule has 0 bridgehead atoms. The van der Waals surface area contributed by atoms with Crippen LogP contribution >= 0.6 is 0 Å². The van der Waals surface area contributed by atoms with Crippen LogP contribution in [0.15, 0.2) is 23.2 Å². The van der Waals surface area contributed by atoms with Crippen LogP contribution in [0, 0.1) is 5.92 Å². The fourth-order valence-corrected chi connectivity index (χ4v) is 4.05. The number of guanidine groups is 1. The summed E-state index contributed by atoms with van der Waals surface area (Å²) in [5.41, 5.74) is 4.08. The molecule has 6 heteroatoms. The summed E-state index contributed by atoms with van der Waals surface area (Å²) in [5.74, 6) is 0.878. The first kappa shape index (κ1) is 19.5. The lowest BCUT2D eigenvalue weighted by atomic mass is 9.97. The van der Waals surface area contributed by atoms with Gasteiger partial charge < -0.3 is 19.9 Å². The van der Waals surface area contributed by atoms with Crippen LogP contribution in [-0.2, 0) is 22.5 Å². The molecule has 2 aliphatic rings. The van der Waals surface area contributed by atoms with E-state index in [1.54, 1.807) is 0 Å². The van der Waals surface area contributed by atoms with E-state index in [4.69, 9.17) is 4.74 Å². The summed E-state index contributed by atoms with van der Waals surface area (Å²) in [4.78, 5) is 20.9. The van der Waals surface area contributed by atoms with E-state index in [9.17, 15) is 4.79 Å². The van der Waals surface area contributed by atoms with Crippen LogP contribution in [0.1, 0.15) is 37.3 Å². The second-order valence-corrected chi connectivity index (χ2v) is 7.40. The fourth-order valence-electron chi connectivity index (χ4n) is 4.05. The molecule has 148 valence electrons. The number of nitrogens with one attached hydrogen (secondary N) is 1. The Morgan fingerprint density at radius 2 is 2.07 bits per heavy atom. The predicted molar refractivity (Wildman–Crippen MR) is 109 cm³/mol. The first-order valence-corrected chi connectivity index (χ1v) is 10.1. The summed E-state index contributed by atoms with van der Waals surface area (Å²) >= 11 is 0. The third-order valence-corrected chi connectivity index (χ3v) is 5.57. The molecule has 0 unspecified atom stereocenters. The van der Waals surface area contributed by atoms with Gasteiger partial charge in [0.1, 0.15) is 0 Å². The molecule has 0 saturated carbocycles. The van der Waals surface area contributed by atoms with Gasteiger partial charge in [0, 0.05) is 46.0 Å². The van der Waals surface area contributed by atoms with Crippen molar-refractivity contribution in [1.82, 2.24) is 10.2 Å². The third kappa shape index (κ3) is 4.73. The van der Waals surface area contributed by atoms with E-state index in [1.165, 1.54) is 23.2 Å². The van der Waals surface area contributed by atoms with Crippen LogP contribution in [0.2, 0.25) is 0 Å². The molecule has 0 aromatic heterocycles. The number of aryl methyl sites for hydroxylation is 1. The highest BCUT2D eigenvalue weighted by Crippen LogP contribution is 2.26. The first-order valence-electron chi connectivity index (χ1n) is 10.1. The van der Waals surface area contributed by atoms with Crippen molar-refractivity contribution in [3.05, 3.63) is 29.3 Å². The monoisotopic (exact) mass is 372 g/mol. The van der Waals surface area contributed by atoms with Crippen LogP contribution in [0.3, 0.4) is 0 Å². The number of anilines is 1. The Labute approximate surface area is 162 Å². The van der Waals surface area contributed by atoms with Gasteiger partial charge in [0.25, 0.3) is 0 Å². The fraction of sp³-hybridized carbons (Fsp3) is 0.619. The van der Waals surface area contributed by atoms with Gasteiger partial charge in [-0.05, 0) is 49.8 Å². The Hall–Kier alpha value is -2.24. The van der Waals surface area contributed by atoms with Crippen molar-refractivity contribution in [3.8, 4) is 0 Å². The van der Waals surface area contributed by atoms with Crippen LogP contribution in [0.25, 0.3) is 0 Å². The van der Waals surface area contributed by atoms with Crippen LogP contribution in [0.4, 0.5) is 5.69 Å². The Morgan fingerprint density at radius 1 is 1.30 bits per heavy atom. The van der Waals surface area contributed by atoms with Crippen molar-refractivity contribution in [3.63, 3.8) is 0 Å². The molecule has 1 fully saturated rings. The highest BCUT2D eigenvalue weighted by atomic mass is 16.5. The molecule has 1 N–H and O–H groups in total. The zero-order valence-corrected chi connectivity index (χ0v) is 16.8. The predicted octanol–water partition coefficient (Wildman–Crippen LogP) is 2.42. The topological polar surface area (TPSA) is 57.2 Å². The largest absolute Gasteiger partial charge is 0.466 e. The van der Waals surface area contributed by atoms with Gasteiger partial charge in [-0.15, -0.1) is 0 Å². The molecule has 0 radical (unpaired) electrons. The van der Waals surface area contributed by atoms with Crippen molar-refractivity contribution in [1.29, 1.82) is 0 Å². The number of carbonyl (C=O) groups excluding carboxylic acids is 1. The standard InChI is InChI=1S/C21H32N4O2/c1-4-27-20(26)17-9-12-25(13-10-17)21(22-2)23-15-16-7-8-19-18(14-16)6-5-11-24(19)3/h7-8,14,17H,4-6,9-13,15H2,1-3H3,(H,22,23). The quantitative estimate of drug-likeness (QED) is 0.500.